The predicted molar refractivity (Wildman–Crippen MR) is 79.8 cm³/mol. The van der Waals surface area contributed by atoms with Crippen LogP contribution in [-0.2, 0) is 6.42 Å². The van der Waals surface area contributed by atoms with E-state index in [4.69, 9.17) is 0 Å². The van der Waals surface area contributed by atoms with Crippen molar-refractivity contribution in [2.24, 2.45) is 5.92 Å². The van der Waals surface area contributed by atoms with Gasteiger partial charge < -0.3 is 5.32 Å². The Kier molecular flexibility index (Phi) is 5.51. The summed E-state index contributed by atoms with van der Waals surface area (Å²) in [5.74, 6) is 0.974. The number of hydrogen-bond acceptors (Lipinski definition) is 2. The van der Waals surface area contributed by atoms with Crippen molar-refractivity contribution in [2.45, 2.75) is 51.5 Å². The lowest BCUT2D eigenvalue weighted by Crippen LogP contribution is -2.32. The van der Waals surface area contributed by atoms with E-state index in [1.54, 1.807) is 0 Å². The van der Waals surface area contributed by atoms with Gasteiger partial charge in [0.1, 0.15) is 0 Å². The largest absolute Gasteiger partial charge is 0.314 e. The minimum absolute atomic E-state index is 0.675. The molecule has 1 aromatic rings. The van der Waals surface area contributed by atoms with Gasteiger partial charge in [0.2, 0.25) is 0 Å². The summed E-state index contributed by atoms with van der Waals surface area (Å²) in [6.07, 6.45) is 8.37. The minimum Gasteiger partial charge on any atom is -0.314 e. The maximum Gasteiger partial charge on any atom is 0.0285 e. The van der Waals surface area contributed by atoms with E-state index < -0.39 is 0 Å². The molecular formula is C14H22BrNS. The maximum atomic E-state index is 3.66. The monoisotopic (exact) mass is 315 g/mol. The van der Waals surface area contributed by atoms with Gasteiger partial charge in [0.15, 0.2) is 0 Å². The van der Waals surface area contributed by atoms with Gasteiger partial charge in [-0.3, -0.25) is 0 Å². The second-order valence-corrected chi connectivity index (χ2v) is 6.99. The van der Waals surface area contributed by atoms with Crippen LogP contribution in [0, 0.1) is 5.92 Å². The van der Waals surface area contributed by atoms with E-state index >= 15 is 0 Å². The third-order valence-electron chi connectivity index (χ3n) is 3.65. The molecule has 0 spiro atoms. The number of likely N-dealkylation sites (N-methyl/N-ethyl adjacent to an activating group) is 1. The Hall–Kier alpha value is 0.140. The van der Waals surface area contributed by atoms with Gasteiger partial charge >= 0.3 is 0 Å². The second kappa shape index (κ2) is 6.91. The third-order valence-corrected chi connectivity index (χ3v) is 5.37. The molecule has 96 valence electrons. The summed E-state index contributed by atoms with van der Waals surface area (Å²) >= 11 is 5.41. The summed E-state index contributed by atoms with van der Waals surface area (Å²) in [6, 6.07) is 2.94. The standard InChI is InChI=1S/C14H22BrNS/c1-2-16-13(7-11-5-3-4-6-11)9-14-8-12(15)10-17-14/h8,10-11,13,16H,2-7,9H2,1H3. The Balaban J connectivity index is 1.87. The molecule has 1 atom stereocenters. The highest BCUT2D eigenvalue weighted by atomic mass is 79.9. The van der Waals surface area contributed by atoms with E-state index in [1.165, 1.54) is 47.9 Å². The van der Waals surface area contributed by atoms with Gasteiger partial charge in [0.25, 0.3) is 0 Å². The first kappa shape index (κ1) is 13.6. The van der Waals surface area contributed by atoms with Crippen molar-refractivity contribution in [2.75, 3.05) is 6.54 Å². The van der Waals surface area contributed by atoms with Crippen LogP contribution >= 0.6 is 27.3 Å². The summed E-state index contributed by atoms with van der Waals surface area (Å²) in [6.45, 7) is 3.30. The zero-order valence-electron chi connectivity index (χ0n) is 10.5. The number of nitrogens with one attached hydrogen (secondary N) is 1. The molecule has 0 bridgehead atoms. The maximum absolute atomic E-state index is 3.66. The molecule has 3 heteroatoms. The van der Waals surface area contributed by atoms with E-state index in [-0.39, 0.29) is 0 Å². The molecule has 17 heavy (non-hydrogen) atoms. The molecule has 0 amide bonds. The molecule has 1 N–H and O–H groups in total. The van der Waals surface area contributed by atoms with Gasteiger partial charge in [0.05, 0.1) is 0 Å². The fourth-order valence-corrected chi connectivity index (χ4v) is 4.41. The molecule has 0 aromatic carbocycles. The Morgan fingerprint density at radius 1 is 1.47 bits per heavy atom. The SMILES string of the molecule is CCNC(Cc1cc(Br)cs1)CC1CCCC1. The van der Waals surface area contributed by atoms with Gasteiger partial charge in [-0.1, -0.05) is 32.6 Å². The highest BCUT2D eigenvalue weighted by Gasteiger charge is 2.20. The molecule has 1 saturated carbocycles. The number of thiophene rings is 1. The Labute approximate surface area is 117 Å². The van der Waals surface area contributed by atoms with Crippen LogP contribution in [0.1, 0.15) is 43.9 Å². The van der Waals surface area contributed by atoms with Crippen molar-refractivity contribution >= 4 is 27.3 Å². The van der Waals surface area contributed by atoms with Gasteiger partial charge in [0, 0.05) is 20.8 Å². The molecular weight excluding hydrogens is 294 g/mol. The number of hydrogen-bond donors (Lipinski definition) is 1. The highest BCUT2D eigenvalue weighted by Crippen LogP contribution is 2.30. The minimum atomic E-state index is 0.675. The van der Waals surface area contributed by atoms with Crippen LogP contribution in [-0.4, -0.2) is 12.6 Å². The summed E-state index contributed by atoms with van der Waals surface area (Å²) in [5, 5.41) is 5.85. The molecule has 1 nitrogen and oxygen atoms in total. The molecule has 0 saturated heterocycles. The Morgan fingerprint density at radius 3 is 2.82 bits per heavy atom. The Bertz CT molecular complexity index is 331. The molecule has 0 aliphatic heterocycles. The molecule has 1 heterocycles. The van der Waals surface area contributed by atoms with Crippen LogP contribution in [0.4, 0.5) is 0 Å². The van der Waals surface area contributed by atoms with Crippen molar-refractivity contribution in [3.05, 3.63) is 20.8 Å². The summed E-state index contributed by atoms with van der Waals surface area (Å²) < 4.78 is 1.23. The lowest BCUT2D eigenvalue weighted by atomic mass is 9.96. The Morgan fingerprint density at radius 2 is 2.24 bits per heavy atom. The van der Waals surface area contributed by atoms with E-state index in [0.717, 1.165) is 12.5 Å². The van der Waals surface area contributed by atoms with Crippen molar-refractivity contribution in [3.63, 3.8) is 0 Å². The molecule has 1 aliphatic carbocycles. The summed E-state index contributed by atoms with van der Waals surface area (Å²) in [7, 11) is 0. The van der Waals surface area contributed by atoms with Crippen molar-refractivity contribution in [3.8, 4) is 0 Å². The van der Waals surface area contributed by atoms with Crippen molar-refractivity contribution < 1.29 is 0 Å². The zero-order valence-corrected chi connectivity index (χ0v) is 12.9. The van der Waals surface area contributed by atoms with E-state index in [9.17, 15) is 0 Å². The fraction of sp³-hybridized carbons (Fsp3) is 0.714. The van der Waals surface area contributed by atoms with Gasteiger partial charge in [-0.2, -0.15) is 0 Å². The van der Waals surface area contributed by atoms with E-state index in [0.29, 0.717) is 6.04 Å². The zero-order chi connectivity index (χ0) is 12.1. The molecule has 0 radical (unpaired) electrons. The number of halogens is 1. The third kappa shape index (κ3) is 4.38. The van der Waals surface area contributed by atoms with Gasteiger partial charge in [-0.05, 0) is 47.3 Å². The summed E-state index contributed by atoms with van der Waals surface area (Å²) in [4.78, 5) is 1.50. The van der Waals surface area contributed by atoms with Gasteiger partial charge in [-0.25, -0.2) is 0 Å². The molecule has 1 aliphatic rings. The van der Waals surface area contributed by atoms with E-state index in [1.807, 2.05) is 11.3 Å². The first-order valence-electron chi connectivity index (χ1n) is 6.74. The average molecular weight is 316 g/mol. The fourth-order valence-electron chi connectivity index (χ4n) is 2.88. The van der Waals surface area contributed by atoms with Crippen LogP contribution in [0.15, 0.2) is 15.9 Å². The normalized spacial score (nSPS) is 18.7. The molecule has 2 rings (SSSR count). The highest BCUT2D eigenvalue weighted by molar-refractivity contribution is 9.10. The van der Waals surface area contributed by atoms with Crippen LogP contribution in [0.5, 0.6) is 0 Å². The molecule has 1 aromatic heterocycles. The molecule has 1 unspecified atom stereocenters. The lowest BCUT2D eigenvalue weighted by Gasteiger charge is -2.20. The van der Waals surface area contributed by atoms with Crippen LogP contribution < -0.4 is 5.32 Å². The van der Waals surface area contributed by atoms with Crippen molar-refractivity contribution in [1.82, 2.24) is 5.32 Å². The van der Waals surface area contributed by atoms with Crippen LogP contribution in [0.3, 0.4) is 0 Å². The van der Waals surface area contributed by atoms with E-state index in [2.05, 4.69) is 39.6 Å². The van der Waals surface area contributed by atoms with Gasteiger partial charge in [-0.15, -0.1) is 11.3 Å². The topological polar surface area (TPSA) is 12.0 Å². The van der Waals surface area contributed by atoms with Crippen molar-refractivity contribution in [1.29, 1.82) is 0 Å². The first-order chi connectivity index (χ1) is 8.28. The number of rotatable bonds is 6. The quantitative estimate of drug-likeness (QED) is 0.808. The lowest BCUT2D eigenvalue weighted by molar-refractivity contribution is 0.391. The van der Waals surface area contributed by atoms with Crippen LogP contribution in [0.2, 0.25) is 0 Å². The predicted octanol–water partition coefficient (Wildman–Crippen LogP) is 4.61. The van der Waals surface area contributed by atoms with Crippen LogP contribution in [0.25, 0.3) is 0 Å². The smallest absolute Gasteiger partial charge is 0.0285 e. The summed E-state index contributed by atoms with van der Waals surface area (Å²) in [5.41, 5.74) is 0. The molecule has 1 fully saturated rings. The first-order valence-corrected chi connectivity index (χ1v) is 8.41. The average Bonchev–Trinajstić information content (AvgIpc) is 2.91. The second-order valence-electron chi connectivity index (χ2n) is 5.08.